The van der Waals surface area contributed by atoms with Gasteiger partial charge in [-0.15, -0.1) is 0 Å². The van der Waals surface area contributed by atoms with Crippen LogP contribution in [0, 0.1) is 0 Å². The van der Waals surface area contributed by atoms with Crippen molar-refractivity contribution in [3.05, 3.63) is 89.5 Å². The molecule has 1 aliphatic rings. The number of ketones is 2. The van der Waals surface area contributed by atoms with Crippen molar-refractivity contribution < 1.29 is 19.4 Å². The first-order chi connectivity index (χ1) is 14.0. The van der Waals surface area contributed by atoms with Crippen molar-refractivity contribution in [3.63, 3.8) is 0 Å². The highest BCUT2D eigenvalue weighted by Crippen LogP contribution is 2.17. The number of phenols is 1. The minimum absolute atomic E-state index is 0.0206. The van der Waals surface area contributed by atoms with E-state index < -0.39 is 0 Å². The van der Waals surface area contributed by atoms with Gasteiger partial charge in [-0.1, -0.05) is 54.6 Å². The van der Waals surface area contributed by atoms with Crippen molar-refractivity contribution in [2.75, 3.05) is 20.2 Å². The van der Waals surface area contributed by atoms with Crippen LogP contribution in [0.15, 0.2) is 78.4 Å². The summed E-state index contributed by atoms with van der Waals surface area (Å²) in [5.74, 6) is -0.143. The average Bonchev–Trinajstić information content (AvgIpc) is 2.73. The summed E-state index contributed by atoms with van der Waals surface area (Å²) in [4.78, 5) is 26.8. The lowest BCUT2D eigenvalue weighted by Crippen LogP contribution is -2.27. The first kappa shape index (κ1) is 20.7. The topological polar surface area (TPSA) is 66.8 Å². The summed E-state index contributed by atoms with van der Waals surface area (Å²) in [5, 5.41) is 9.49. The number of carbonyl (C=O) groups is 2. The van der Waals surface area contributed by atoms with Crippen LogP contribution in [0.3, 0.4) is 0 Å². The quantitative estimate of drug-likeness (QED) is 0.662. The summed E-state index contributed by atoms with van der Waals surface area (Å²) in [5.41, 5.74) is 2.16. The first-order valence-electron chi connectivity index (χ1n) is 9.59. The number of hydrogen-bond acceptors (Lipinski definition) is 5. The Morgan fingerprint density at radius 1 is 1.10 bits per heavy atom. The summed E-state index contributed by atoms with van der Waals surface area (Å²) in [6, 6.07) is 16.2. The second kappa shape index (κ2) is 9.96. The van der Waals surface area contributed by atoms with Gasteiger partial charge in [0.05, 0.1) is 12.6 Å². The summed E-state index contributed by atoms with van der Waals surface area (Å²) in [6.07, 6.45) is 5.79. The van der Waals surface area contributed by atoms with E-state index >= 15 is 0 Å². The number of ether oxygens (including phenoxy) is 1. The molecule has 2 aromatic rings. The molecule has 1 N–H and O–H groups in total. The molecule has 3 rings (SSSR count). The Hall–Kier alpha value is -3.02. The predicted octanol–water partition coefficient (Wildman–Crippen LogP) is 3.55. The Morgan fingerprint density at radius 2 is 1.90 bits per heavy atom. The van der Waals surface area contributed by atoms with E-state index in [4.69, 9.17) is 4.74 Å². The highest BCUT2D eigenvalue weighted by Gasteiger charge is 2.18. The monoisotopic (exact) mass is 391 g/mol. The Morgan fingerprint density at radius 3 is 2.66 bits per heavy atom. The molecule has 1 unspecified atom stereocenters. The number of benzene rings is 2. The third-order valence-electron chi connectivity index (χ3n) is 4.66. The van der Waals surface area contributed by atoms with Crippen molar-refractivity contribution in [1.82, 2.24) is 4.90 Å². The number of nitrogens with zero attached hydrogens (tertiary/aromatic N) is 1. The SMILES string of the molecule is CN(CC(=O)C1=CC(OCC(=O)c2cccc(O)c2)CC=C1)Cc1ccccc1. The molecule has 0 aromatic heterocycles. The van der Waals surface area contributed by atoms with E-state index in [-0.39, 0.29) is 30.0 Å². The van der Waals surface area contributed by atoms with E-state index in [9.17, 15) is 14.7 Å². The van der Waals surface area contributed by atoms with Gasteiger partial charge in [0.1, 0.15) is 12.4 Å². The number of Topliss-reactive ketones (excluding diaryl/α,β-unsaturated/α-hetero) is 2. The number of carbonyl (C=O) groups excluding carboxylic acids is 2. The molecule has 1 atom stereocenters. The second-order valence-electron chi connectivity index (χ2n) is 7.16. The standard InChI is InChI=1S/C24H25NO4/c1-25(15-18-7-3-2-4-8-18)16-23(27)20-10-6-12-22(14-20)29-17-24(28)19-9-5-11-21(26)13-19/h2-11,13-14,22,26H,12,15-17H2,1H3. The van der Waals surface area contributed by atoms with E-state index in [1.807, 2.05) is 54.4 Å². The number of phenolic OH excluding ortho intramolecular Hbond substituents is 1. The van der Waals surface area contributed by atoms with Crippen LogP contribution in [-0.2, 0) is 16.1 Å². The number of hydrogen-bond donors (Lipinski definition) is 1. The van der Waals surface area contributed by atoms with Gasteiger partial charge < -0.3 is 9.84 Å². The molecule has 0 radical (unpaired) electrons. The van der Waals surface area contributed by atoms with Gasteiger partial charge in [-0.05, 0) is 37.2 Å². The normalized spacial score (nSPS) is 15.9. The number of aromatic hydroxyl groups is 1. The van der Waals surface area contributed by atoms with Crippen LogP contribution in [0.5, 0.6) is 5.75 Å². The zero-order valence-electron chi connectivity index (χ0n) is 16.5. The molecule has 5 heteroatoms. The molecule has 0 aliphatic heterocycles. The van der Waals surface area contributed by atoms with Crippen LogP contribution >= 0.6 is 0 Å². The van der Waals surface area contributed by atoms with E-state index in [0.29, 0.717) is 30.6 Å². The molecule has 0 spiro atoms. The Kier molecular flexibility index (Phi) is 7.11. The molecule has 2 aromatic carbocycles. The molecule has 0 bridgehead atoms. The molecule has 0 amide bonds. The maximum absolute atomic E-state index is 12.6. The minimum Gasteiger partial charge on any atom is -0.508 e. The third kappa shape index (κ3) is 6.24. The van der Waals surface area contributed by atoms with Crippen LogP contribution < -0.4 is 0 Å². The lowest BCUT2D eigenvalue weighted by atomic mass is 10.0. The molecule has 5 nitrogen and oxygen atoms in total. The second-order valence-corrected chi connectivity index (χ2v) is 7.16. The van der Waals surface area contributed by atoms with Crippen LogP contribution in [0.1, 0.15) is 22.3 Å². The molecule has 0 heterocycles. The third-order valence-corrected chi connectivity index (χ3v) is 4.66. The number of likely N-dealkylation sites (N-methyl/N-ethyl adjacent to an activating group) is 1. The molecule has 0 saturated carbocycles. The van der Waals surface area contributed by atoms with E-state index in [0.717, 1.165) is 5.56 Å². The highest BCUT2D eigenvalue weighted by molar-refractivity contribution is 6.00. The van der Waals surface area contributed by atoms with E-state index in [1.165, 1.54) is 12.1 Å². The number of rotatable bonds is 9. The molecular weight excluding hydrogens is 366 g/mol. The smallest absolute Gasteiger partial charge is 0.188 e. The van der Waals surface area contributed by atoms with Crippen molar-refractivity contribution in [2.24, 2.45) is 0 Å². The average molecular weight is 391 g/mol. The van der Waals surface area contributed by atoms with Gasteiger partial charge in [0.2, 0.25) is 0 Å². The maximum Gasteiger partial charge on any atom is 0.188 e. The summed E-state index contributed by atoms with van der Waals surface area (Å²) < 4.78 is 5.70. The van der Waals surface area contributed by atoms with E-state index in [1.54, 1.807) is 18.2 Å². The van der Waals surface area contributed by atoms with Crippen molar-refractivity contribution >= 4 is 11.6 Å². The lowest BCUT2D eigenvalue weighted by Gasteiger charge is -2.19. The molecule has 1 aliphatic carbocycles. The van der Waals surface area contributed by atoms with Crippen LogP contribution in [-0.4, -0.2) is 47.9 Å². The lowest BCUT2D eigenvalue weighted by molar-refractivity contribution is -0.116. The van der Waals surface area contributed by atoms with Gasteiger partial charge in [-0.25, -0.2) is 0 Å². The summed E-state index contributed by atoms with van der Waals surface area (Å²) in [6.45, 7) is 0.899. The minimum atomic E-state index is -0.320. The fraction of sp³-hybridized carbons (Fsp3) is 0.250. The van der Waals surface area contributed by atoms with Gasteiger partial charge in [0.15, 0.2) is 11.6 Å². The number of allylic oxidation sites excluding steroid dienone is 1. The fourth-order valence-electron chi connectivity index (χ4n) is 3.19. The van der Waals surface area contributed by atoms with E-state index in [2.05, 4.69) is 0 Å². The van der Waals surface area contributed by atoms with Gasteiger partial charge in [0.25, 0.3) is 0 Å². The van der Waals surface area contributed by atoms with Gasteiger partial charge in [0, 0.05) is 17.7 Å². The van der Waals surface area contributed by atoms with Crippen LogP contribution in [0.4, 0.5) is 0 Å². The molecule has 0 fully saturated rings. The Bertz CT molecular complexity index is 917. The van der Waals surface area contributed by atoms with Crippen LogP contribution in [0.25, 0.3) is 0 Å². The van der Waals surface area contributed by atoms with Gasteiger partial charge in [-0.2, -0.15) is 0 Å². The molecule has 0 saturated heterocycles. The summed E-state index contributed by atoms with van der Waals surface area (Å²) in [7, 11) is 1.92. The summed E-state index contributed by atoms with van der Waals surface area (Å²) >= 11 is 0. The Balaban J connectivity index is 1.52. The zero-order valence-corrected chi connectivity index (χ0v) is 16.5. The molecular formula is C24H25NO4. The van der Waals surface area contributed by atoms with Crippen molar-refractivity contribution in [2.45, 2.75) is 19.1 Å². The van der Waals surface area contributed by atoms with Crippen molar-refractivity contribution in [1.29, 1.82) is 0 Å². The van der Waals surface area contributed by atoms with Gasteiger partial charge in [-0.3, -0.25) is 14.5 Å². The fourth-order valence-corrected chi connectivity index (χ4v) is 3.19. The zero-order chi connectivity index (χ0) is 20.6. The maximum atomic E-state index is 12.6. The molecule has 150 valence electrons. The molecule has 29 heavy (non-hydrogen) atoms. The predicted molar refractivity (Wildman–Crippen MR) is 112 cm³/mol. The largest absolute Gasteiger partial charge is 0.508 e. The van der Waals surface area contributed by atoms with Crippen LogP contribution in [0.2, 0.25) is 0 Å². The highest BCUT2D eigenvalue weighted by atomic mass is 16.5. The Labute approximate surface area is 170 Å². The first-order valence-corrected chi connectivity index (χ1v) is 9.59. The van der Waals surface area contributed by atoms with Crippen molar-refractivity contribution in [3.8, 4) is 5.75 Å². The van der Waals surface area contributed by atoms with Gasteiger partial charge >= 0.3 is 0 Å².